The minimum atomic E-state index is 0.295. The highest BCUT2D eigenvalue weighted by atomic mass is 35.5. The molecule has 1 aliphatic carbocycles. The highest BCUT2D eigenvalue weighted by Crippen LogP contribution is 2.32. The van der Waals surface area contributed by atoms with Crippen LogP contribution in [0.1, 0.15) is 56.6 Å². The molecule has 0 bridgehead atoms. The minimum absolute atomic E-state index is 0.295. The zero-order chi connectivity index (χ0) is 20.3. The second-order valence-corrected chi connectivity index (χ2v) is 8.98. The zero-order valence-corrected chi connectivity index (χ0v) is 18.1. The van der Waals surface area contributed by atoms with E-state index in [4.69, 9.17) is 11.6 Å². The molecule has 1 N–H and O–H groups in total. The molecule has 1 saturated heterocycles. The highest BCUT2D eigenvalue weighted by molar-refractivity contribution is 6.28. The van der Waals surface area contributed by atoms with Gasteiger partial charge in [-0.1, -0.05) is 49.6 Å². The highest BCUT2D eigenvalue weighted by Gasteiger charge is 2.23. The van der Waals surface area contributed by atoms with Crippen molar-refractivity contribution in [3.8, 4) is 0 Å². The molecule has 1 aliphatic heterocycles. The normalized spacial score (nSPS) is 19.4. The van der Waals surface area contributed by atoms with E-state index in [1.807, 2.05) is 6.33 Å². The van der Waals surface area contributed by atoms with Gasteiger partial charge in [0.2, 0.25) is 5.28 Å². The summed E-state index contributed by atoms with van der Waals surface area (Å²) >= 11 is 6.31. The van der Waals surface area contributed by atoms with E-state index in [2.05, 4.69) is 60.1 Å². The third kappa shape index (κ3) is 4.30. The van der Waals surface area contributed by atoms with Gasteiger partial charge in [-0.05, 0) is 42.8 Å². The van der Waals surface area contributed by atoms with E-state index in [0.29, 0.717) is 17.4 Å². The Bertz CT molecular complexity index is 974. The van der Waals surface area contributed by atoms with Crippen molar-refractivity contribution in [2.75, 3.05) is 18.4 Å². The molecule has 0 atom stereocenters. The van der Waals surface area contributed by atoms with Gasteiger partial charge in [0.05, 0.1) is 6.33 Å². The molecule has 0 spiro atoms. The van der Waals surface area contributed by atoms with Crippen LogP contribution in [0.3, 0.4) is 0 Å². The van der Waals surface area contributed by atoms with Crippen molar-refractivity contribution >= 4 is 28.6 Å². The smallest absolute Gasteiger partial charge is 0.226 e. The topological polar surface area (TPSA) is 58.9 Å². The fourth-order valence-corrected chi connectivity index (χ4v) is 5.05. The molecule has 7 heteroatoms. The number of anilines is 1. The van der Waals surface area contributed by atoms with E-state index in [1.54, 1.807) is 0 Å². The first kappa shape index (κ1) is 19.8. The van der Waals surface area contributed by atoms with Gasteiger partial charge in [-0.15, -0.1) is 0 Å². The first-order valence-electron chi connectivity index (χ1n) is 11.2. The number of piperidine rings is 1. The predicted molar refractivity (Wildman–Crippen MR) is 121 cm³/mol. The number of hydrogen-bond donors (Lipinski definition) is 1. The summed E-state index contributed by atoms with van der Waals surface area (Å²) in [7, 11) is 0. The van der Waals surface area contributed by atoms with Gasteiger partial charge < -0.3 is 9.88 Å². The van der Waals surface area contributed by atoms with Crippen molar-refractivity contribution in [2.45, 2.75) is 63.6 Å². The number of aromatic nitrogens is 4. The third-order valence-electron chi connectivity index (χ3n) is 6.54. The lowest BCUT2D eigenvalue weighted by molar-refractivity contribution is 0.211. The van der Waals surface area contributed by atoms with Gasteiger partial charge in [0.1, 0.15) is 0 Å². The number of nitrogens with zero attached hydrogens (tertiary/aromatic N) is 5. The standard InChI is InChI=1S/C23H29ClN6/c24-23-27-21(20-22(28-23)30(16-25-20)19-9-5-2-6-10-19)26-18-11-13-29(14-12-18)15-17-7-3-1-4-8-17/h1,3-4,7-8,16,18-19H,2,5-6,9-15H2,(H,26,27,28). The van der Waals surface area contributed by atoms with Crippen LogP contribution in [0.2, 0.25) is 5.28 Å². The van der Waals surface area contributed by atoms with Crippen molar-refractivity contribution in [2.24, 2.45) is 0 Å². The molecule has 0 radical (unpaired) electrons. The summed E-state index contributed by atoms with van der Waals surface area (Å²) in [5, 5.41) is 3.92. The number of rotatable bonds is 5. The Hall–Kier alpha value is -2.18. The number of benzene rings is 1. The zero-order valence-electron chi connectivity index (χ0n) is 17.3. The molecule has 0 amide bonds. The van der Waals surface area contributed by atoms with Crippen LogP contribution in [-0.4, -0.2) is 43.6 Å². The van der Waals surface area contributed by atoms with Crippen LogP contribution in [0.5, 0.6) is 0 Å². The maximum absolute atomic E-state index is 6.31. The van der Waals surface area contributed by atoms with Crippen LogP contribution in [0.25, 0.3) is 11.2 Å². The quantitative estimate of drug-likeness (QED) is 0.580. The number of hydrogen-bond acceptors (Lipinski definition) is 5. The van der Waals surface area contributed by atoms with Gasteiger partial charge in [-0.3, -0.25) is 4.90 Å². The lowest BCUT2D eigenvalue weighted by atomic mass is 9.95. The minimum Gasteiger partial charge on any atom is -0.365 e. The van der Waals surface area contributed by atoms with Gasteiger partial charge >= 0.3 is 0 Å². The summed E-state index contributed by atoms with van der Waals surface area (Å²) < 4.78 is 2.22. The molecule has 0 unspecified atom stereocenters. The number of imidazole rings is 1. The van der Waals surface area contributed by atoms with Crippen molar-refractivity contribution in [1.29, 1.82) is 0 Å². The average Bonchev–Trinajstić information content (AvgIpc) is 3.20. The summed E-state index contributed by atoms with van der Waals surface area (Å²) in [6.45, 7) is 3.17. The van der Waals surface area contributed by atoms with Crippen LogP contribution in [0.15, 0.2) is 36.7 Å². The second kappa shape index (κ2) is 8.90. The lowest BCUT2D eigenvalue weighted by Gasteiger charge is -2.32. The Balaban J connectivity index is 1.27. The number of nitrogens with one attached hydrogen (secondary N) is 1. The van der Waals surface area contributed by atoms with Gasteiger partial charge in [-0.25, -0.2) is 4.98 Å². The molecular weight excluding hydrogens is 396 g/mol. The Labute approximate surface area is 182 Å². The largest absolute Gasteiger partial charge is 0.365 e. The Morgan fingerprint density at radius 1 is 0.967 bits per heavy atom. The average molecular weight is 425 g/mol. The molecule has 5 rings (SSSR count). The summed E-state index contributed by atoms with van der Waals surface area (Å²) in [5.41, 5.74) is 3.09. The van der Waals surface area contributed by atoms with Crippen molar-refractivity contribution in [1.82, 2.24) is 24.4 Å². The maximum atomic E-state index is 6.31. The van der Waals surface area contributed by atoms with E-state index < -0.39 is 0 Å². The van der Waals surface area contributed by atoms with Crippen molar-refractivity contribution < 1.29 is 0 Å². The molecule has 30 heavy (non-hydrogen) atoms. The molecule has 1 aromatic carbocycles. The van der Waals surface area contributed by atoms with E-state index in [9.17, 15) is 0 Å². The molecule has 2 fully saturated rings. The Morgan fingerprint density at radius 2 is 1.73 bits per heavy atom. The number of likely N-dealkylation sites (tertiary alicyclic amines) is 1. The summed E-state index contributed by atoms with van der Waals surface area (Å²) in [4.78, 5) is 16.2. The maximum Gasteiger partial charge on any atom is 0.226 e. The van der Waals surface area contributed by atoms with E-state index in [-0.39, 0.29) is 0 Å². The van der Waals surface area contributed by atoms with Gasteiger partial charge in [0, 0.05) is 31.7 Å². The second-order valence-electron chi connectivity index (χ2n) is 8.64. The molecule has 3 aromatic rings. The van der Waals surface area contributed by atoms with Crippen LogP contribution in [0, 0.1) is 0 Å². The molecule has 1 saturated carbocycles. The molecule has 2 aromatic heterocycles. The van der Waals surface area contributed by atoms with Crippen LogP contribution in [0.4, 0.5) is 5.82 Å². The Morgan fingerprint density at radius 3 is 2.50 bits per heavy atom. The fourth-order valence-electron chi connectivity index (χ4n) is 4.89. The number of halogens is 1. The van der Waals surface area contributed by atoms with Crippen LogP contribution >= 0.6 is 11.6 Å². The monoisotopic (exact) mass is 424 g/mol. The molecular formula is C23H29ClN6. The van der Waals surface area contributed by atoms with E-state index in [1.165, 1.54) is 37.7 Å². The SMILES string of the molecule is Clc1nc(NC2CCN(Cc3ccccc3)CC2)c2ncn(C3CCCCC3)c2n1. The Kier molecular flexibility index (Phi) is 5.86. The van der Waals surface area contributed by atoms with Crippen molar-refractivity contribution in [3.05, 3.63) is 47.5 Å². The summed E-state index contributed by atoms with van der Waals surface area (Å²) in [6.07, 6.45) is 10.4. The van der Waals surface area contributed by atoms with Gasteiger partial charge in [-0.2, -0.15) is 9.97 Å². The van der Waals surface area contributed by atoms with E-state index in [0.717, 1.165) is 49.5 Å². The van der Waals surface area contributed by atoms with Crippen molar-refractivity contribution in [3.63, 3.8) is 0 Å². The first-order chi connectivity index (χ1) is 14.8. The van der Waals surface area contributed by atoms with E-state index >= 15 is 0 Å². The van der Waals surface area contributed by atoms with Gasteiger partial charge in [0.25, 0.3) is 0 Å². The molecule has 3 heterocycles. The number of fused-ring (bicyclic) bond motifs is 1. The third-order valence-corrected chi connectivity index (χ3v) is 6.71. The molecule has 2 aliphatic rings. The fraction of sp³-hybridized carbons (Fsp3) is 0.522. The molecule has 6 nitrogen and oxygen atoms in total. The van der Waals surface area contributed by atoms with Crippen LogP contribution < -0.4 is 5.32 Å². The lowest BCUT2D eigenvalue weighted by Crippen LogP contribution is -2.38. The predicted octanol–water partition coefficient (Wildman–Crippen LogP) is 5.06. The summed E-state index contributed by atoms with van der Waals surface area (Å²) in [6, 6.07) is 11.6. The van der Waals surface area contributed by atoms with Crippen LogP contribution in [-0.2, 0) is 6.54 Å². The first-order valence-corrected chi connectivity index (χ1v) is 11.6. The molecule has 158 valence electrons. The summed E-state index contributed by atoms with van der Waals surface area (Å²) in [5.74, 6) is 0.779. The van der Waals surface area contributed by atoms with Gasteiger partial charge in [0.15, 0.2) is 17.0 Å².